The van der Waals surface area contributed by atoms with Crippen molar-refractivity contribution in [3.05, 3.63) is 35.8 Å². The van der Waals surface area contributed by atoms with Gasteiger partial charge >= 0.3 is 5.97 Å². The Morgan fingerprint density at radius 3 is 2.82 bits per heavy atom. The Balaban J connectivity index is 1.89. The molecule has 22 heavy (non-hydrogen) atoms. The zero-order valence-corrected chi connectivity index (χ0v) is 12.7. The fourth-order valence-corrected chi connectivity index (χ4v) is 3.89. The number of methoxy groups -OCH3 is 1. The number of nitrogens with zero attached hydrogens (tertiary/aromatic N) is 2. The lowest BCUT2D eigenvalue weighted by Gasteiger charge is -2.47. The summed E-state index contributed by atoms with van der Waals surface area (Å²) in [4.78, 5) is 24.7. The minimum atomic E-state index is -1.09. The van der Waals surface area contributed by atoms with Gasteiger partial charge in [0.2, 0.25) is 5.91 Å². The Morgan fingerprint density at radius 1 is 1.55 bits per heavy atom. The first kappa shape index (κ1) is 14.9. The lowest BCUT2D eigenvalue weighted by molar-refractivity contribution is -0.689. The summed E-state index contributed by atoms with van der Waals surface area (Å²) in [5, 5.41) is 9.20. The third kappa shape index (κ3) is 2.34. The van der Waals surface area contributed by atoms with Crippen molar-refractivity contribution in [1.82, 2.24) is 4.90 Å². The van der Waals surface area contributed by atoms with Crippen LogP contribution < -0.4 is 15.0 Å². The van der Waals surface area contributed by atoms with E-state index >= 15 is 0 Å². The Hall–Kier alpha value is -2.06. The van der Waals surface area contributed by atoms with E-state index in [1.165, 1.54) is 16.7 Å². The van der Waals surface area contributed by atoms with E-state index in [2.05, 4.69) is 0 Å². The Bertz CT molecular complexity index is 659. The maximum absolute atomic E-state index is 11.9. The van der Waals surface area contributed by atoms with Crippen molar-refractivity contribution in [2.24, 2.45) is 5.73 Å². The highest BCUT2D eigenvalue weighted by molar-refractivity contribution is 8.00. The van der Waals surface area contributed by atoms with Crippen molar-refractivity contribution in [1.29, 1.82) is 0 Å². The standard InChI is InChI=1S/C14H15N3O4S/c1-21-9-2-4-16(5-3-9)6-8-7-22-13-10(15)12(18)17(13)11(8)14(19)20/h2-5,10,13H,6-7,15H2,1H3/p+1/t10?,13-/m0/s1. The molecule has 1 amide bonds. The highest BCUT2D eigenvalue weighted by atomic mass is 32.2. The third-order valence-electron chi connectivity index (χ3n) is 3.76. The summed E-state index contributed by atoms with van der Waals surface area (Å²) in [5.74, 6) is -0.143. The molecule has 1 saturated heterocycles. The number of nitrogens with two attached hydrogens (primary N) is 1. The van der Waals surface area contributed by atoms with Crippen LogP contribution in [0.1, 0.15) is 0 Å². The second-order valence-electron chi connectivity index (χ2n) is 5.10. The minimum Gasteiger partial charge on any atom is -0.496 e. The van der Waals surface area contributed by atoms with Crippen LogP contribution in [-0.2, 0) is 16.1 Å². The minimum absolute atomic E-state index is 0.0683. The van der Waals surface area contributed by atoms with Gasteiger partial charge in [-0.2, -0.15) is 0 Å². The number of rotatable bonds is 4. The van der Waals surface area contributed by atoms with Gasteiger partial charge in [0.05, 0.1) is 7.11 Å². The zero-order valence-electron chi connectivity index (χ0n) is 11.9. The number of amides is 1. The molecular formula is C14H16N3O4S+. The number of carboxylic acid groups (broad SMARTS) is 1. The summed E-state index contributed by atoms with van der Waals surface area (Å²) < 4.78 is 6.95. The molecule has 1 aromatic rings. The molecule has 0 spiro atoms. The van der Waals surface area contributed by atoms with Crippen LogP contribution in [0.5, 0.6) is 5.75 Å². The normalized spacial score (nSPS) is 23.9. The van der Waals surface area contributed by atoms with E-state index in [1.54, 1.807) is 19.2 Å². The van der Waals surface area contributed by atoms with Crippen LogP contribution in [0, 0.1) is 0 Å². The van der Waals surface area contributed by atoms with Gasteiger partial charge in [-0.15, -0.1) is 11.8 Å². The topological polar surface area (TPSA) is 96.7 Å². The number of fused-ring (bicyclic) bond motifs is 1. The molecule has 1 aromatic heterocycles. The SMILES string of the molecule is COc1cc[n+](CC2=C(C(=O)O)N3C(=O)C(N)[C@@H]3SC2)cc1. The zero-order chi connectivity index (χ0) is 15.9. The largest absolute Gasteiger partial charge is 0.496 e. The molecule has 3 rings (SSSR count). The van der Waals surface area contributed by atoms with Crippen LogP contribution in [0.4, 0.5) is 0 Å². The van der Waals surface area contributed by atoms with Crippen molar-refractivity contribution < 1.29 is 24.0 Å². The van der Waals surface area contributed by atoms with Crippen molar-refractivity contribution in [2.75, 3.05) is 12.9 Å². The van der Waals surface area contributed by atoms with Gasteiger partial charge in [0, 0.05) is 23.5 Å². The van der Waals surface area contributed by atoms with E-state index in [0.29, 0.717) is 17.9 Å². The van der Waals surface area contributed by atoms with Gasteiger partial charge in [0.15, 0.2) is 18.9 Å². The third-order valence-corrected chi connectivity index (χ3v) is 5.12. The molecule has 2 aliphatic rings. The van der Waals surface area contributed by atoms with Crippen molar-refractivity contribution in [3.63, 3.8) is 0 Å². The van der Waals surface area contributed by atoms with Crippen LogP contribution in [0.15, 0.2) is 35.8 Å². The summed E-state index contributed by atoms with van der Waals surface area (Å²) in [6, 6.07) is 2.99. The summed E-state index contributed by atoms with van der Waals surface area (Å²) in [6.45, 7) is 0.407. The highest BCUT2D eigenvalue weighted by Gasteiger charge is 2.52. The van der Waals surface area contributed by atoms with Gasteiger partial charge in [0.25, 0.3) is 0 Å². The molecule has 2 atom stereocenters. The van der Waals surface area contributed by atoms with E-state index in [9.17, 15) is 14.7 Å². The lowest BCUT2D eigenvalue weighted by Crippen LogP contribution is -2.68. The highest BCUT2D eigenvalue weighted by Crippen LogP contribution is 2.39. The van der Waals surface area contributed by atoms with Gasteiger partial charge in [-0.05, 0) is 0 Å². The average molecular weight is 322 g/mol. The lowest BCUT2D eigenvalue weighted by atomic mass is 10.0. The number of carbonyl (C=O) groups is 2. The average Bonchev–Trinajstić information content (AvgIpc) is 2.54. The monoisotopic (exact) mass is 322 g/mol. The van der Waals surface area contributed by atoms with E-state index in [0.717, 1.165) is 5.75 Å². The van der Waals surface area contributed by atoms with Gasteiger partial charge in [-0.3, -0.25) is 9.69 Å². The number of ether oxygens (including phenoxy) is 1. The number of pyridine rings is 1. The first-order valence-electron chi connectivity index (χ1n) is 6.71. The molecule has 2 aliphatic heterocycles. The Morgan fingerprint density at radius 2 is 2.23 bits per heavy atom. The second-order valence-corrected chi connectivity index (χ2v) is 6.21. The number of hydrogen-bond donors (Lipinski definition) is 2. The molecule has 3 N–H and O–H groups in total. The summed E-state index contributed by atoms with van der Waals surface area (Å²) in [6.07, 6.45) is 3.62. The molecule has 0 aromatic carbocycles. The quantitative estimate of drug-likeness (QED) is 0.576. The summed E-state index contributed by atoms with van der Waals surface area (Å²) in [5.41, 5.74) is 6.49. The number of hydrogen-bond acceptors (Lipinski definition) is 5. The van der Waals surface area contributed by atoms with Gasteiger partial charge in [-0.1, -0.05) is 0 Å². The van der Waals surface area contributed by atoms with E-state index < -0.39 is 12.0 Å². The maximum Gasteiger partial charge on any atom is 0.352 e. The summed E-state index contributed by atoms with van der Waals surface area (Å²) in [7, 11) is 1.58. The van der Waals surface area contributed by atoms with E-state index in [4.69, 9.17) is 10.5 Å². The molecule has 0 aliphatic carbocycles. The van der Waals surface area contributed by atoms with E-state index in [1.807, 2.05) is 17.0 Å². The number of thioether (sulfide) groups is 1. The van der Waals surface area contributed by atoms with Crippen molar-refractivity contribution in [3.8, 4) is 5.75 Å². The number of carbonyl (C=O) groups excluding carboxylic acids is 1. The molecule has 0 radical (unpaired) electrons. The van der Waals surface area contributed by atoms with Gasteiger partial charge in [0.1, 0.15) is 22.9 Å². The van der Waals surface area contributed by atoms with Crippen LogP contribution in [0.3, 0.4) is 0 Å². The fourth-order valence-electron chi connectivity index (χ4n) is 2.61. The molecule has 0 saturated carbocycles. The van der Waals surface area contributed by atoms with E-state index in [-0.39, 0.29) is 17.0 Å². The van der Waals surface area contributed by atoms with Gasteiger partial charge < -0.3 is 15.6 Å². The van der Waals surface area contributed by atoms with Crippen LogP contribution >= 0.6 is 11.8 Å². The molecule has 1 fully saturated rings. The fraction of sp³-hybridized carbons (Fsp3) is 0.357. The molecule has 116 valence electrons. The number of aromatic nitrogens is 1. The first-order chi connectivity index (χ1) is 10.5. The van der Waals surface area contributed by atoms with Crippen LogP contribution in [-0.4, -0.2) is 46.2 Å². The van der Waals surface area contributed by atoms with Crippen LogP contribution in [0.2, 0.25) is 0 Å². The number of carboxylic acids is 1. The number of aliphatic carboxylic acids is 1. The smallest absolute Gasteiger partial charge is 0.352 e. The number of β-lactam (4-membered cyclic amide) rings is 1. The summed E-state index contributed by atoms with van der Waals surface area (Å²) >= 11 is 1.50. The first-order valence-corrected chi connectivity index (χ1v) is 7.76. The molecule has 1 unspecified atom stereocenters. The molecular weight excluding hydrogens is 306 g/mol. The maximum atomic E-state index is 11.9. The Labute approximate surface area is 131 Å². The Kier molecular flexibility index (Phi) is 3.79. The predicted molar refractivity (Wildman–Crippen MR) is 78.9 cm³/mol. The van der Waals surface area contributed by atoms with Gasteiger partial charge in [-0.25, -0.2) is 9.36 Å². The molecule has 8 heteroatoms. The van der Waals surface area contributed by atoms with Crippen LogP contribution in [0.25, 0.3) is 0 Å². The predicted octanol–water partition coefficient (Wildman–Crippen LogP) is -0.436. The molecule has 7 nitrogen and oxygen atoms in total. The van der Waals surface area contributed by atoms with Crippen molar-refractivity contribution in [2.45, 2.75) is 18.0 Å². The molecule has 3 heterocycles. The second kappa shape index (κ2) is 5.62. The molecule has 0 bridgehead atoms. The van der Waals surface area contributed by atoms with Crippen molar-refractivity contribution >= 4 is 23.6 Å².